The van der Waals surface area contributed by atoms with E-state index in [1.165, 1.54) is 13.2 Å². The molecule has 0 bridgehead atoms. The number of Topliss-reactive ketones (excluding diaryl/α,β-unsaturated/α-hetero) is 1. The lowest BCUT2D eigenvalue weighted by atomic mass is 10.0. The van der Waals surface area contributed by atoms with Crippen molar-refractivity contribution in [3.05, 3.63) is 53.6 Å². The Labute approximate surface area is 118 Å². The van der Waals surface area contributed by atoms with Gasteiger partial charge in [0.15, 0.2) is 5.78 Å². The third-order valence-electron chi connectivity index (χ3n) is 3.17. The van der Waals surface area contributed by atoms with Gasteiger partial charge in [-0.25, -0.2) is 4.39 Å². The van der Waals surface area contributed by atoms with Gasteiger partial charge in [0, 0.05) is 42.0 Å². The maximum absolute atomic E-state index is 13.9. The summed E-state index contributed by atoms with van der Waals surface area (Å²) in [6.07, 6.45) is 3.55. The van der Waals surface area contributed by atoms with Crippen molar-refractivity contribution in [1.29, 1.82) is 0 Å². The summed E-state index contributed by atoms with van der Waals surface area (Å²) in [4.78, 5) is 11.9. The Bertz CT molecular complexity index is 617. The molecule has 0 fully saturated rings. The third kappa shape index (κ3) is 3.07. The summed E-state index contributed by atoms with van der Waals surface area (Å²) >= 11 is 0. The lowest BCUT2D eigenvalue weighted by Crippen LogP contribution is -2.06. The smallest absolute Gasteiger partial charge is 0.166 e. The van der Waals surface area contributed by atoms with Crippen LogP contribution in [0.25, 0.3) is 0 Å². The number of nitrogens with zero attached hydrogens (tertiary/aromatic N) is 1. The zero-order chi connectivity index (χ0) is 14.7. The van der Waals surface area contributed by atoms with Crippen LogP contribution in [0.4, 0.5) is 4.39 Å². The van der Waals surface area contributed by atoms with Gasteiger partial charge in [-0.1, -0.05) is 19.9 Å². The number of hydrogen-bond donors (Lipinski definition) is 0. The second-order valence-electron chi connectivity index (χ2n) is 5.05. The highest BCUT2D eigenvalue weighted by Gasteiger charge is 2.12. The Morgan fingerprint density at radius 2 is 2.10 bits per heavy atom. The van der Waals surface area contributed by atoms with Gasteiger partial charge in [0.05, 0.1) is 7.11 Å². The standard InChI is InChI=1S/C16H18FNO2/c1-11(2)16(19)13-6-7-18(10-13)9-12-4-5-14(20-3)8-15(12)17/h4-8,10-11H,9H2,1-3H3. The number of halogens is 1. The molecule has 0 saturated heterocycles. The lowest BCUT2D eigenvalue weighted by Gasteiger charge is -2.07. The Hall–Kier alpha value is -2.10. The molecule has 0 aliphatic carbocycles. The van der Waals surface area contributed by atoms with E-state index in [-0.39, 0.29) is 17.5 Å². The van der Waals surface area contributed by atoms with E-state index in [2.05, 4.69) is 0 Å². The van der Waals surface area contributed by atoms with Crippen molar-refractivity contribution in [3.8, 4) is 5.75 Å². The van der Waals surface area contributed by atoms with Gasteiger partial charge < -0.3 is 9.30 Å². The predicted molar refractivity (Wildman–Crippen MR) is 75.7 cm³/mol. The Kier molecular flexibility index (Phi) is 4.23. The molecule has 0 radical (unpaired) electrons. The van der Waals surface area contributed by atoms with E-state index in [4.69, 9.17) is 4.74 Å². The highest BCUT2D eigenvalue weighted by molar-refractivity contribution is 5.97. The molecule has 0 atom stereocenters. The molecule has 2 rings (SSSR count). The van der Waals surface area contributed by atoms with Gasteiger partial charge in [0.1, 0.15) is 11.6 Å². The average molecular weight is 275 g/mol. The highest BCUT2D eigenvalue weighted by Crippen LogP contribution is 2.18. The van der Waals surface area contributed by atoms with Crippen LogP contribution in [0.15, 0.2) is 36.7 Å². The summed E-state index contributed by atoms with van der Waals surface area (Å²) in [6.45, 7) is 4.12. The first-order valence-electron chi connectivity index (χ1n) is 6.53. The molecule has 2 aromatic rings. The van der Waals surface area contributed by atoms with E-state index >= 15 is 0 Å². The zero-order valence-corrected chi connectivity index (χ0v) is 11.9. The minimum Gasteiger partial charge on any atom is -0.497 e. The molecule has 0 saturated carbocycles. The van der Waals surface area contributed by atoms with Gasteiger partial charge in [-0.15, -0.1) is 0 Å². The van der Waals surface area contributed by atoms with E-state index in [1.807, 2.05) is 13.8 Å². The van der Waals surface area contributed by atoms with Gasteiger partial charge in [-0.05, 0) is 12.1 Å². The fraction of sp³-hybridized carbons (Fsp3) is 0.312. The van der Waals surface area contributed by atoms with Crippen LogP contribution in [0.5, 0.6) is 5.75 Å². The predicted octanol–water partition coefficient (Wildman–Crippen LogP) is 3.52. The van der Waals surface area contributed by atoms with Crippen molar-refractivity contribution >= 4 is 5.78 Å². The van der Waals surface area contributed by atoms with Crippen molar-refractivity contribution in [3.63, 3.8) is 0 Å². The zero-order valence-electron chi connectivity index (χ0n) is 11.9. The molecule has 0 aliphatic heterocycles. The fourth-order valence-electron chi connectivity index (χ4n) is 2.00. The number of hydrogen-bond acceptors (Lipinski definition) is 2. The second-order valence-corrected chi connectivity index (χ2v) is 5.05. The van der Waals surface area contributed by atoms with Crippen LogP contribution < -0.4 is 4.74 Å². The number of methoxy groups -OCH3 is 1. The first kappa shape index (κ1) is 14.3. The molecule has 0 aliphatic rings. The summed E-state index contributed by atoms with van der Waals surface area (Å²) < 4.78 is 20.6. The molecule has 0 unspecified atom stereocenters. The maximum atomic E-state index is 13.9. The van der Waals surface area contributed by atoms with E-state index in [0.29, 0.717) is 23.4 Å². The molecule has 1 aromatic carbocycles. The number of carbonyl (C=O) groups is 1. The van der Waals surface area contributed by atoms with Crippen molar-refractivity contribution in [2.45, 2.75) is 20.4 Å². The minimum absolute atomic E-state index is 0.0384. The summed E-state index contributed by atoms with van der Waals surface area (Å²) in [7, 11) is 1.50. The van der Waals surface area contributed by atoms with Crippen LogP contribution in [-0.4, -0.2) is 17.5 Å². The van der Waals surface area contributed by atoms with Crippen LogP contribution >= 0.6 is 0 Å². The average Bonchev–Trinajstić information content (AvgIpc) is 2.88. The Morgan fingerprint density at radius 3 is 2.70 bits per heavy atom. The quantitative estimate of drug-likeness (QED) is 0.782. The van der Waals surface area contributed by atoms with E-state index in [1.54, 1.807) is 35.2 Å². The van der Waals surface area contributed by atoms with Gasteiger partial charge in [-0.3, -0.25) is 4.79 Å². The fourth-order valence-corrected chi connectivity index (χ4v) is 2.00. The molecule has 1 heterocycles. The molecular weight excluding hydrogens is 257 g/mol. The molecular formula is C16H18FNO2. The SMILES string of the molecule is COc1ccc(Cn2ccc(C(=O)C(C)C)c2)c(F)c1. The van der Waals surface area contributed by atoms with Gasteiger partial charge in [-0.2, -0.15) is 0 Å². The number of carbonyl (C=O) groups excluding carboxylic acids is 1. The number of benzene rings is 1. The summed E-state index contributed by atoms with van der Waals surface area (Å²) in [5, 5.41) is 0. The second kappa shape index (κ2) is 5.90. The van der Waals surface area contributed by atoms with Crippen molar-refractivity contribution in [2.75, 3.05) is 7.11 Å². The monoisotopic (exact) mass is 275 g/mol. The number of ether oxygens (including phenoxy) is 1. The van der Waals surface area contributed by atoms with Crippen LogP contribution in [-0.2, 0) is 6.54 Å². The summed E-state index contributed by atoms with van der Waals surface area (Å²) in [5.41, 5.74) is 1.22. The molecule has 0 N–H and O–H groups in total. The summed E-state index contributed by atoms with van der Waals surface area (Å²) in [5.74, 6) is 0.242. The lowest BCUT2D eigenvalue weighted by molar-refractivity contribution is 0.0939. The summed E-state index contributed by atoms with van der Waals surface area (Å²) in [6, 6.07) is 6.54. The number of aromatic nitrogens is 1. The first-order chi connectivity index (χ1) is 9.51. The molecule has 20 heavy (non-hydrogen) atoms. The van der Waals surface area contributed by atoms with Crippen LogP contribution in [0.1, 0.15) is 29.8 Å². The van der Waals surface area contributed by atoms with E-state index < -0.39 is 0 Å². The van der Waals surface area contributed by atoms with Crippen molar-refractivity contribution in [2.24, 2.45) is 5.92 Å². The Morgan fingerprint density at radius 1 is 1.35 bits per heavy atom. The molecule has 0 amide bonds. The van der Waals surface area contributed by atoms with Gasteiger partial charge in [0.25, 0.3) is 0 Å². The third-order valence-corrected chi connectivity index (χ3v) is 3.17. The van der Waals surface area contributed by atoms with Gasteiger partial charge >= 0.3 is 0 Å². The van der Waals surface area contributed by atoms with Crippen LogP contribution in [0.2, 0.25) is 0 Å². The normalized spacial score (nSPS) is 10.8. The molecule has 106 valence electrons. The van der Waals surface area contributed by atoms with Gasteiger partial charge in [0.2, 0.25) is 0 Å². The first-order valence-corrected chi connectivity index (χ1v) is 6.53. The molecule has 4 heteroatoms. The van der Waals surface area contributed by atoms with E-state index in [0.717, 1.165) is 0 Å². The molecule has 0 spiro atoms. The number of ketones is 1. The highest BCUT2D eigenvalue weighted by atomic mass is 19.1. The van der Waals surface area contributed by atoms with Crippen LogP contribution in [0.3, 0.4) is 0 Å². The van der Waals surface area contributed by atoms with Crippen LogP contribution in [0, 0.1) is 11.7 Å². The number of rotatable bonds is 5. The van der Waals surface area contributed by atoms with Crippen molar-refractivity contribution in [1.82, 2.24) is 4.57 Å². The molecule has 1 aromatic heterocycles. The molecule has 3 nitrogen and oxygen atoms in total. The van der Waals surface area contributed by atoms with Crippen molar-refractivity contribution < 1.29 is 13.9 Å². The topological polar surface area (TPSA) is 31.2 Å². The van der Waals surface area contributed by atoms with E-state index in [9.17, 15) is 9.18 Å². The minimum atomic E-state index is -0.310. The maximum Gasteiger partial charge on any atom is 0.166 e. The largest absolute Gasteiger partial charge is 0.497 e. The Balaban J connectivity index is 2.17.